The molecule has 0 saturated carbocycles. The van der Waals surface area contributed by atoms with Crippen LogP contribution in [0.2, 0.25) is 0 Å². The summed E-state index contributed by atoms with van der Waals surface area (Å²) in [6.07, 6.45) is 2.20. The van der Waals surface area contributed by atoms with E-state index in [0.29, 0.717) is 12.5 Å². The van der Waals surface area contributed by atoms with Crippen molar-refractivity contribution >= 4 is 6.41 Å². The number of hydrogen-bond acceptors (Lipinski definition) is 3. The third-order valence-electron chi connectivity index (χ3n) is 2.59. The SMILES string of the molecule is CC(C)C#CCN1CCOC(CN(C)C=O)C1.CCC. The molecule has 4 heteroatoms. The average molecular weight is 282 g/mol. The molecule has 0 aliphatic carbocycles. The lowest BCUT2D eigenvalue weighted by molar-refractivity contribution is -0.120. The first-order valence-corrected chi connectivity index (χ1v) is 7.51. The smallest absolute Gasteiger partial charge is 0.209 e. The van der Waals surface area contributed by atoms with E-state index in [1.165, 1.54) is 6.42 Å². The van der Waals surface area contributed by atoms with Gasteiger partial charge in [-0.1, -0.05) is 46.0 Å². The summed E-state index contributed by atoms with van der Waals surface area (Å²) in [5.74, 6) is 6.76. The van der Waals surface area contributed by atoms with Crippen LogP contribution in [0.3, 0.4) is 0 Å². The van der Waals surface area contributed by atoms with Gasteiger partial charge in [-0.25, -0.2) is 0 Å². The molecule has 0 spiro atoms. The first-order chi connectivity index (χ1) is 9.53. The Balaban J connectivity index is 0.00000110. The summed E-state index contributed by atoms with van der Waals surface area (Å²) in [5.41, 5.74) is 0. The molecule has 1 aliphatic heterocycles. The number of amides is 1. The Bertz CT molecular complexity index is 307. The molecule has 116 valence electrons. The zero-order valence-corrected chi connectivity index (χ0v) is 13.7. The summed E-state index contributed by atoms with van der Waals surface area (Å²) in [4.78, 5) is 14.4. The van der Waals surface area contributed by atoms with Crippen LogP contribution in [0.5, 0.6) is 0 Å². The number of likely N-dealkylation sites (N-methyl/N-ethyl adjacent to an activating group) is 1. The van der Waals surface area contributed by atoms with Crippen LogP contribution in [-0.2, 0) is 9.53 Å². The molecule has 1 amide bonds. The minimum atomic E-state index is 0.111. The van der Waals surface area contributed by atoms with E-state index in [2.05, 4.69) is 44.4 Å². The van der Waals surface area contributed by atoms with E-state index >= 15 is 0 Å². The zero-order valence-electron chi connectivity index (χ0n) is 13.7. The summed E-state index contributed by atoms with van der Waals surface area (Å²) >= 11 is 0. The normalized spacial score (nSPS) is 18.6. The van der Waals surface area contributed by atoms with Crippen LogP contribution in [0.25, 0.3) is 0 Å². The molecule has 1 aliphatic rings. The lowest BCUT2D eigenvalue weighted by Gasteiger charge is -2.32. The molecule has 1 atom stereocenters. The molecule has 1 heterocycles. The topological polar surface area (TPSA) is 32.8 Å². The second kappa shape index (κ2) is 11.7. The van der Waals surface area contributed by atoms with Crippen LogP contribution in [-0.4, -0.2) is 62.1 Å². The number of ether oxygens (including phenoxy) is 1. The Morgan fingerprint density at radius 3 is 2.65 bits per heavy atom. The maximum atomic E-state index is 10.5. The molecule has 0 radical (unpaired) electrons. The third kappa shape index (κ3) is 9.82. The minimum absolute atomic E-state index is 0.111. The molecule has 1 unspecified atom stereocenters. The quantitative estimate of drug-likeness (QED) is 0.583. The van der Waals surface area contributed by atoms with Gasteiger partial charge in [0.1, 0.15) is 0 Å². The third-order valence-corrected chi connectivity index (χ3v) is 2.59. The van der Waals surface area contributed by atoms with Crippen molar-refractivity contribution in [3.63, 3.8) is 0 Å². The van der Waals surface area contributed by atoms with Gasteiger partial charge >= 0.3 is 0 Å². The standard InChI is InChI=1S/C13H22N2O2.C3H8/c1-12(2)5-4-6-15-7-8-17-13(10-15)9-14(3)11-16;1-3-2/h11-13H,6-10H2,1-3H3;3H2,1-2H3. The molecule has 1 fully saturated rings. The summed E-state index contributed by atoms with van der Waals surface area (Å²) in [5, 5.41) is 0. The number of carbonyl (C=O) groups excluding carboxylic acids is 1. The van der Waals surface area contributed by atoms with E-state index in [9.17, 15) is 4.79 Å². The molecule has 1 saturated heterocycles. The van der Waals surface area contributed by atoms with Crippen molar-refractivity contribution in [2.75, 3.05) is 39.8 Å². The maximum absolute atomic E-state index is 10.5. The van der Waals surface area contributed by atoms with Crippen molar-refractivity contribution in [2.24, 2.45) is 5.92 Å². The number of rotatable bonds is 4. The summed E-state index contributed by atoms with van der Waals surface area (Å²) < 4.78 is 5.62. The van der Waals surface area contributed by atoms with Crippen molar-refractivity contribution in [3.8, 4) is 11.8 Å². The highest BCUT2D eigenvalue weighted by atomic mass is 16.5. The van der Waals surface area contributed by atoms with Crippen molar-refractivity contribution in [2.45, 2.75) is 40.2 Å². The molecule has 0 N–H and O–H groups in total. The molecular formula is C16H30N2O2. The predicted molar refractivity (Wildman–Crippen MR) is 83.5 cm³/mol. The van der Waals surface area contributed by atoms with Gasteiger partial charge in [0.2, 0.25) is 6.41 Å². The van der Waals surface area contributed by atoms with E-state index in [1.807, 2.05) is 0 Å². The molecule has 4 nitrogen and oxygen atoms in total. The highest BCUT2D eigenvalue weighted by Crippen LogP contribution is 2.05. The van der Waals surface area contributed by atoms with Gasteiger partial charge in [0.05, 0.1) is 19.3 Å². The second-order valence-electron chi connectivity index (χ2n) is 5.46. The molecular weight excluding hydrogens is 252 g/mol. The lowest BCUT2D eigenvalue weighted by Crippen LogP contribution is -2.46. The van der Waals surface area contributed by atoms with Crippen LogP contribution in [0, 0.1) is 17.8 Å². The molecule has 0 bridgehead atoms. The van der Waals surface area contributed by atoms with Gasteiger partial charge in [-0.2, -0.15) is 0 Å². The van der Waals surface area contributed by atoms with E-state index < -0.39 is 0 Å². The van der Waals surface area contributed by atoms with Gasteiger partial charge in [0, 0.05) is 32.6 Å². The molecule has 20 heavy (non-hydrogen) atoms. The van der Waals surface area contributed by atoms with Gasteiger partial charge in [-0.3, -0.25) is 9.69 Å². The largest absolute Gasteiger partial charge is 0.374 e. The van der Waals surface area contributed by atoms with Crippen LogP contribution in [0.4, 0.5) is 0 Å². The summed E-state index contributed by atoms with van der Waals surface area (Å²) in [7, 11) is 1.77. The van der Waals surface area contributed by atoms with Gasteiger partial charge in [0.25, 0.3) is 0 Å². The Morgan fingerprint density at radius 2 is 2.10 bits per heavy atom. The van der Waals surface area contributed by atoms with Crippen LogP contribution in [0.15, 0.2) is 0 Å². The Labute approximate surface area is 124 Å². The van der Waals surface area contributed by atoms with Gasteiger partial charge < -0.3 is 9.64 Å². The van der Waals surface area contributed by atoms with Gasteiger partial charge in [-0.15, -0.1) is 0 Å². The second-order valence-corrected chi connectivity index (χ2v) is 5.46. The van der Waals surface area contributed by atoms with Crippen molar-refractivity contribution in [3.05, 3.63) is 0 Å². The van der Waals surface area contributed by atoms with Crippen molar-refractivity contribution in [1.82, 2.24) is 9.80 Å². The lowest BCUT2D eigenvalue weighted by atomic mass is 10.2. The average Bonchev–Trinajstić information content (AvgIpc) is 2.39. The fraction of sp³-hybridized carbons (Fsp3) is 0.812. The van der Waals surface area contributed by atoms with E-state index in [4.69, 9.17) is 4.74 Å². The Morgan fingerprint density at radius 1 is 1.45 bits per heavy atom. The molecule has 0 aromatic carbocycles. The van der Waals surface area contributed by atoms with E-state index in [-0.39, 0.29) is 6.10 Å². The molecule has 1 rings (SSSR count). The fourth-order valence-corrected chi connectivity index (χ4v) is 1.76. The Kier molecular flexibility index (Phi) is 11.1. The highest BCUT2D eigenvalue weighted by Gasteiger charge is 2.20. The van der Waals surface area contributed by atoms with Crippen molar-refractivity contribution < 1.29 is 9.53 Å². The van der Waals surface area contributed by atoms with Crippen LogP contribution in [0.1, 0.15) is 34.1 Å². The molecule has 0 aromatic rings. The number of nitrogens with zero attached hydrogens (tertiary/aromatic N) is 2. The monoisotopic (exact) mass is 282 g/mol. The summed E-state index contributed by atoms with van der Waals surface area (Å²) in [6, 6.07) is 0. The highest BCUT2D eigenvalue weighted by molar-refractivity contribution is 5.46. The van der Waals surface area contributed by atoms with E-state index in [0.717, 1.165) is 32.7 Å². The first kappa shape index (κ1) is 18.9. The fourth-order valence-electron chi connectivity index (χ4n) is 1.76. The minimum Gasteiger partial charge on any atom is -0.374 e. The molecule has 0 aromatic heterocycles. The zero-order chi connectivity index (χ0) is 15.4. The van der Waals surface area contributed by atoms with Gasteiger partial charge in [0.15, 0.2) is 0 Å². The Hall–Kier alpha value is -1.05. The van der Waals surface area contributed by atoms with Crippen LogP contribution < -0.4 is 0 Å². The number of carbonyl (C=O) groups is 1. The van der Waals surface area contributed by atoms with Crippen molar-refractivity contribution in [1.29, 1.82) is 0 Å². The number of morpholine rings is 1. The van der Waals surface area contributed by atoms with Gasteiger partial charge in [-0.05, 0) is 0 Å². The maximum Gasteiger partial charge on any atom is 0.209 e. The first-order valence-electron chi connectivity index (χ1n) is 7.51. The van der Waals surface area contributed by atoms with Crippen LogP contribution >= 0.6 is 0 Å². The summed E-state index contributed by atoms with van der Waals surface area (Å²) in [6.45, 7) is 12.4. The predicted octanol–water partition coefficient (Wildman–Crippen LogP) is 1.85. The number of hydrogen-bond donors (Lipinski definition) is 0. The van der Waals surface area contributed by atoms with E-state index in [1.54, 1.807) is 11.9 Å².